The van der Waals surface area contributed by atoms with Gasteiger partial charge in [-0.1, -0.05) is 72.4 Å². The Morgan fingerprint density at radius 1 is 0.976 bits per heavy atom. The van der Waals surface area contributed by atoms with Crippen LogP contribution in [-0.4, -0.2) is 72.0 Å². The minimum atomic E-state index is -3.69. The zero-order valence-corrected chi connectivity index (χ0v) is 24.7. The number of sulfonamides is 1. The fraction of sp³-hybridized carbons (Fsp3) is 0.300. The van der Waals surface area contributed by atoms with Gasteiger partial charge in [0, 0.05) is 30.9 Å². The molecule has 0 saturated carbocycles. The fourth-order valence-electron chi connectivity index (χ4n) is 4.85. The predicted octanol–water partition coefficient (Wildman–Crippen LogP) is 4.72. The highest BCUT2D eigenvalue weighted by Crippen LogP contribution is 2.32. The number of ether oxygens (including phenoxy) is 1. The van der Waals surface area contributed by atoms with Crippen molar-refractivity contribution in [2.24, 2.45) is 0 Å². The van der Waals surface area contributed by atoms with E-state index in [4.69, 9.17) is 4.74 Å². The first-order valence-electron chi connectivity index (χ1n) is 13.6. The van der Waals surface area contributed by atoms with E-state index in [0.717, 1.165) is 11.3 Å². The van der Waals surface area contributed by atoms with Gasteiger partial charge in [0.15, 0.2) is 11.0 Å². The minimum absolute atomic E-state index is 0.0363. The standard InChI is InChI=1S/C30H33N5O4S2/c1-3-34(26-14-8-5-9-15-26)28(36)22-40-30-32-31-29(35(30)23(2)24-11-6-4-7-12-24)25-13-10-16-27(21-25)41(37,38)33-17-19-39-20-18-33/h4-16,21,23H,3,17-20,22H2,1-2H3/t23-/m1/s1. The van der Waals surface area contributed by atoms with Gasteiger partial charge in [0.25, 0.3) is 0 Å². The highest BCUT2D eigenvalue weighted by atomic mass is 32.2. The zero-order valence-electron chi connectivity index (χ0n) is 23.1. The third-order valence-electron chi connectivity index (χ3n) is 7.04. The van der Waals surface area contributed by atoms with Crippen LogP contribution >= 0.6 is 11.8 Å². The number of para-hydroxylation sites is 1. The summed E-state index contributed by atoms with van der Waals surface area (Å²) in [5.74, 6) is 0.671. The molecular weight excluding hydrogens is 558 g/mol. The molecule has 11 heteroatoms. The lowest BCUT2D eigenvalue weighted by molar-refractivity contribution is -0.116. The summed E-state index contributed by atoms with van der Waals surface area (Å²) in [5, 5.41) is 9.57. The molecule has 5 rings (SSSR count). The number of carbonyl (C=O) groups excluding carboxylic acids is 1. The summed E-state index contributed by atoms with van der Waals surface area (Å²) >= 11 is 1.32. The van der Waals surface area contributed by atoms with Crippen LogP contribution in [0, 0.1) is 0 Å². The van der Waals surface area contributed by atoms with Gasteiger partial charge >= 0.3 is 0 Å². The molecule has 1 atom stereocenters. The lowest BCUT2D eigenvalue weighted by Crippen LogP contribution is -2.40. The van der Waals surface area contributed by atoms with E-state index in [0.29, 0.717) is 49.4 Å². The average molecular weight is 592 g/mol. The molecule has 1 amide bonds. The van der Waals surface area contributed by atoms with Crippen LogP contribution in [0.1, 0.15) is 25.5 Å². The lowest BCUT2D eigenvalue weighted by Gasteiger charge is -2.26. The second-order valence-corrected chi connectivity index (χ2v) is 12.4. The average Bonchev–Trinajstić information content (AvgIpc) is 3.45. The first kappa shape index (κ1) is 29.0. The molecule has 0 radical (unpaired) electrons. The second kappa shape index (κ2) is 13.0. The summed E-state index contributed by atoms with van der Waals surface area (Å²) in [7, 11) is -3.69. The van der Waals surface area contributed by atoms with E-state index in [1.807, 2.05) is 85.1 Å². The van der Waals surface area contributed by atoms with Gasteiger partial charge in [-0.05, 0) is 43.7 Å². The first-order valence-corrected chi connectivity index (χ1v) is 16.0. The largest absolute Gasteiger partial charge is 0.379 e. The van der Waals surface area contributed by atoms with Crippen molar-refractivity contribution in [3.63, 3.8) is 0 Å². The van der Waals surface area contributed by atoms with Crippen LogP contribution in [-0.2, 0) is 19.6 Å². The maximum atomic E-state index is 13.4. The molecule has 0 unspecified atom stereocenters. The first-order chi connectivity index (χ1) is 19.9. The number of amides is 1. The molecule has 0 aliphatic carbocycles. The number of rotatable bonds is 10. The van der Waals surface area contributed by atoms with E-state index in [-0.39, 0.29) is 22.6 Å². The molecule has 4 aromatic rings. The van der Waals surface area contributed by atoms with Crippen LogP contribution in [0.3, 0.4) is 0 Å². The number of benzene rings is 3. The monoisotopic (exact) mass is 591 g/mol. The van der Waals surface area contributed by atoms with Crippen molar-refractivity contribution in [1.82, 2.24) is 19.1 Å². The summed E-state index contributed by atoms with van der Waals surface area (Å²) in [6.07, 6.45) is 0. The normalized spacial score (nSPS) is 15.0. The fourth-order valence-corrected chi connectivity index (χ4v) is 7.19. The van der Waals surface area contributed by atoms with Crippen LogP contribution in [0.2, 0.25) is 0 Å². The number of anilines is 1. The summed E-state index contributed by atoms with van der Waals surface area (Å²) in [6, 6.07) is 26.2. The van der Waals surface area contributed by atoms with Crippen molar-refractivity contribution in [3.05, 3.63) is 90.5 Å². The van der Waals surface area contributed by atoms with Crippen molar-refractivity contribution in [2.45, 2.75) is 29.9 Å². The Kier molecular flexibility index (Phi) is 9.19. The molecule has 41 heavy (non-hydrogen) atoms. The molecule has 1 aromatic heterocycles. The Morgan fingerprint density at radius 3 is 2.34 bits per heavy atom. The Balaban J connectivity index is 1.48. The number of nitrogens with zero attached hydrogens (tertiary/aromatic N) is 5. The quantitative estimate of drug-likeness (QED) is 0.246. The van der Waals surface area contributed by atoms with E-state index in [2.05, 4.69) is 10.2 Å². The molecule has 1 aliphatic heterocycles. The van der Waals surface area contributed by atoms with E-state index in [9.17, 15) is 13.2 Å². The van der Waals surface area contributed by atoms with E-state index >= 15 is 0 Å². The molecule has 2 heterocycles. The number of carbonyl (C=O) groups is 1. The molecule has 214 valence electrons. The van der Waals surface area contributed by atoms with Crippen LogP contribution in [0.4, 0.5) is 5.69 Å². The van der Waals surface area contributed by atoms with Gasteiger partial charge < -0.3 is 9.64 Å². The minimum Gasteiger partial charge on any atom is -0.379 e. The van der Waals surface area contributed by atoms with Gasteiger partial charge in [-0.25, -0.2) is 8.42 Å². The predicted molar refractivity (Wildman–Crippen MR) is 160 cm³/mol. The number of morpholine rings is 1. The molecule has 1 saturated heterocycles. The van der Waals surface area contributed by atoms with Crippen LogP contribution < -0.4 is 4.90 Å². The maximum Gasteiger partial charge on any atom is 0.243 e. The number of thioether (sulfide) groups is 1. The third kappa shape index (κ3) is 6.38. The van der Waals surface area contributed by atoms with E-state index in [1.165, 1.54) is 16.1 Å². The molecule has 9 nitrogen and oxygen atoms in total. The number of hydrogen-bond acceptors (Lipinski definition) is 7. The SMILES string of the molecule is CCN(C(=O)CSc1nnc(-c2cccc(S(=O)(=O)N3CCOCC3)c2)n1[C@H](C)c1ccccc1)c1ccccc1. The molecule has 0 spiro atoms. The summed E-state index contributed by atoms with van der Waals surface area (Å²) in [6.45, 7) is 5.94. The molecule has 1 aliphatic rings. The highest BCUT2D eigenvalue weighted by Gasteiger charge is 2.28. The summed E-state index contributed by atoms with van der Waals surface area (Å²) < 4.78 is 35.5. The van der Waals surface area contributed by atoms with Crippen LogP contribution in [0.25, 0.3) is 11.4 Å². The highest BCUT2D eigenvalue weighted by molar-refractivity contribution is 7.99. The molecule has 1 fully saturated rings. The van der Waals surface area contributed by atoms with Crippen molar-refractivity contribution in [3.8, 4) is 11.4 Å². The smallest absolute Gasteiger partial charge is 0.243 e. The van der Waals surface area contributed by atoms with Crippen molar-refractivity contribution < 1.29 is 17.9 Å². The van der Waals surface area contributed by atoms with E-state index in [1.54, 1.807) is 23.1 Å². The molecule has 0 bridgehead atoms. The van der Waals surface area contributed by atoms with Crippen LogP contribution in [0.15, 0.2) is 95.0 Å². The number of hydrogen-bond donors (Lipinski definition) is 0. The topological polar surface area (TPSA) is 97.6 Å². The Hall–Kier alpha value is -3.51. The van der Waals surface area contributed by atoms with Gasteiger partial charge in [-0.3, -0.25) is 9.36 Å². The van der Waals surface area contributed by atoms with Gasteiger partial charge in [0.1, 0.15) is 0 Å². The van der Waals surface area contributed by atoms with Crippen LogP contribution in [0.5, 0.6) is 0 Å². The summed E-state index contributed by atoms with van der Waals surface area (Å²) in [5.41, 5.74) is 2.52. The Bertz CT molecular complexity index is 1570. The second-order valence-electron chi connectivity index (χ2n) is 9.57. The molecule has 3 aromatic carbocycles. The molecular formula is C30H33N5O4S2. The van der Waals surface area contributed by atoms with Gasteiger partial charge in [0.05, 0.1) is 29.9 Å². The van der Waals surface area contributed by atoms with Gasteiger partial charge in [0.2, 0.25) is 15.9 Å². The van der Waals surface area contributed by atoms with Gasteiger partial charge in [-0.15, -0.1) is 10.2 Å². The van der Waals surface area contributed by atoms with Crippen molar-refractivity contribution in [1.29, 1.82) is 0 Å². The Morgan fingerprint density at radius 2 is 1.66 bits per heavy atom. The summed E-state index contributed by atoms with van der Waals surface area (Å²) in [4.78, 5) is 15.2. The number of aromatic nitrogens is 3. The van der Waals surface area contributed by atoms with Crippen molar-refractivity contribution in [2.75, 3.05) is 43.5 Å². The van der Waals surface area contributed by atoms with Gasteiger partial charge in [-0.2, -0.15) is 4.31 Å². The zero-order chi connectivity index (χ0) is 28.8. The molecule has 0 N–H and O–H groups in total. The maximum absolute atomic E-state index is 13.4. The third-order valence-corrected chi connectivity index (χ3v) is 9.87. The van der Waals surface area contributed by atoms with Crippen molar-refractivity contribution >= 4 is 33.4 Å². The lowest BCUT2D eigenvalue weighted by atomic mass is 10.1. The Labute approximate surface area is 245 Å². The van der Waals surface area contributed by atoms with E-state index < -0.39 is 10.0 Å².